The highest BCUT2D eigenvalue weighted by molar-refractivity contribution is 7.99. The van der Waals surface area contributed by atoms with E-state index in [1.165, 1.54) is 9.75 Å². The van der Waals surface area contributed by atoms with Crippen LogP contribution >= 0.6 is 34.4 Å². The SMILES string of the molecule is Cc1ccc(-c2cnc(C3NC(C(=O)O)CS3)s2)s1. The summed E-state index contributed by atoms with van der Waals surface area (Å²) in [7, 11) is 0. The van der Waals surface area contributed by atoms with Gasteiger partial charge in [0, 0.05) is 21.7 Å². The summed E-state index contributed by atoms with van der Waals surface area (Å²) in [5.74, 6) is -0.201. The number of thiophene rings is 1. The maximum absolute atomic E-state index is 10.9. The summed E-state index contributed by atoms with van der Waals surface area (Å²) in [6, 6.07) is 3.74. The van der Waals surface area contributed by atoms with E-state index in [0.29, 0.717) is 5.75 Å². The zero-order valence-electron chi connectivity index (χ0n) is 10.1. The van der Waals surface area contributed by atoms with E-state index >= 15 is 0 Å². The summed E-state index contributed by atoms with van der Waals surface area (Å²) in [6.07, 6.45) is 1.88. The van der Waals surface area contributed by atoms with Gasteiger partial charge in [0.25, 0.3) is 0 Å². The molecule has 2 aromatic rings. The van der Waals surface area contributed by atoms with Gasteiger partial charge in [-0.1, -0.05) is 0 Å². The van der Waals surface area contributed by atoms with Crippen LogP contribution < -0.4 is 5.32 Å². The monoisotopic (exact) mass is 312 g/mol. The number of nitrogens with one attached hydrogen (secondary N) is 1. The Morgan fingerprint density at radius 1 is 1.42 bits per heavy atom. The number of aliphatic carboxylic acids is 1. The molecule has 0 saturated carbocycles. The Morgan fingerprint density at radius 2 is 2.26 bits per heavy atom. The van der Waals surface area contributed by atoms with Crippen LogP contribution in [0, 0.1) is 6.92 Å². The molecule has 0 spiro atoms. The van der Waals surface area contributed by atoms with Crippen LogP contribution in [0.2, 0.25) is 0 Å². The Morgan fingerprint density at radius 3 is 2.89 bits per heavy atom. The highest BCUT2D eigenvalue weighted by Gasteiger charge is 2.32. The van der Waals surface area contributed by atoms with Crippen LogP contribution in [0.1, 0.15) is 15.3 Å². The van der Waals surface area contributed by atoms with E-state index in [1.807, 2.05) is 6.20 Å². The normalized spacial score (nSPS) is 22.8. The Kier molecular flexibility index (Phi) is 3.62. The topological polar surface area (TPSA) is 62.2 Å². The third-order valence-corrected chi connectivity index (χ3v) is 6.44. The molecule has 100 valence electrons. The van der Waals surface area contributed by atoms with Crippen molar-refractivity contribution in [3.63, 3.8) is 0 Å². The first-order valence-corrected chi connectivity index (χ1v) is 8.44. The highest BCUT2D eigenvalue weighted by atomic mass is 32.2. The summed E-state index contributed by atoms with van der Waals surface area (Å²) in [5, 5.41) is 13.0. The van der Waals surface area contributed by atoms with Crippen molar-refractivity contribution >= 4 is 40.4 Å². The lowest BCUT2D eigenvalue weighted by Crippen LogP contribution is -2.33. The molecule has 1 aliphatic heterocycles. The average Bonchev–Trinajstić information content (AvgIpc) is 3.07. The molecule has 19 heavy (non-hydrogen) atoms. The third kappa shape index (κ3) is 2.69. The summed E-state index contributed by atoms with van der Waals surface area (Å²) >= 11 is 4.99. The molecule has 0 radical (unpaired) electrons. The van der Waals surface area contributed by atoms with Crippen LogP contribution in [0.3, 0.4) is 0 Å². The van der Waals surface area contributed by atoms with Crippen molar-refractivity contribution in [3.05, 3.63) is 28.2 Å². The van der Waals surface area contributed by atoms with Crippen LogP contribution in [0.5, 0.6) is 0 Å². The molecule has 1 fully saturated rings. The van der Waals surface area contributed by atoms with E-state index in [-0.39, 0.29) is 5.37 Å². The number of nitrogens with zero attached hydrogens (tertiary/aromatic N) is 1. The summed E-state index contributed by atoms with van der Waals surface area (Å²) in [6.45, 7) is 2.09. The van der Waals surface area contributed by atoms with E-state index in [2.05, 4.69) is 29.4 Å². The second-order valence-electron chi connectivity index (χ2n) is 4.24. The number of thioether (sulfide) groups is 1. The second kappa shape index (κ2) is 5.24. The number of aromatic nitrogens is 1. The van der Waals surface area contributed by atoms with Crippen molar-refractivity contribution < 1.29 is 9.90 Å². The molecule has 7 heteroatoms. The van der Waals surface area contributed by atoms with Gasteiger partial charge in [0.05, 0.1) is 4.88 Å². The van der Waals surface area contributed by atoms with Gasteiger partial charge in [-0.15, -0.1) is 34.4 Å². The van der Waals surface area contributed by atoms with Gasteiger partial charge in [0.15, 0.2) is 0 Å². The van der Waals surface area contributed by atoms with Crippen LogP contribution in [-0.4, -0.2) is 27.9 Å². The first kappa shape index (κ1) is 13.1. The van der Waals surface area contributed by atoms with Crippen LogP contribution in [0.4, 0.5) is 0 Å². The zero-order chi connectivity index (χ0) is 13.4. The number of thiazole rings is 1. The minimum absolute atomic E-state index is 0.000842. The van der Waals surface area contributed by atoms with Crippen molar-refractivity contribution in [1.82, 2.24) is 10.3 Å². The molecule has 4 nitrogen and oxygen atoms in total. The molecule has 3 heterocycles. The van der Waals surface area contributed by atoms with Gasteiger partial charge in [0.2, 0.25) is 0 Å². The summed E-state index contributed by atoms with van der Waals surface area (Å²) in [5.41, 5.74) is 0. The smallest absolute Gasteiger partial charge is 0.321 e. The molecule has 1 saturated heterocycles. The van der Waals surface area contributed by atoms with Crippen LogP contribution in [-0.2, 0) is 4.79 Å². The zero-order valence-corrected chi connectivity index (χ0v) is 12.6. The minimum Gasteiger partial charge on any atom is -0.480 e. The van der Waals surface area contributed by atoms with Gasteiger partial charge in [-0.2, -0.15) is 0 Å². The molecule has 2 unspecified atom stereocenters. The fourth-order valence-corrected chi connectivity index (χ4v) is 5.08. The number of carboxylic acid groups (broad SMARTS) is 1. The molecule has 2 aromatic heterocycles. The van der Waals surface area contributed by atoms with Crippen molar-refractivity contribution in [1.29, 1.82) is 0 Å². The van der Waals surface area contributed by atoms with Gasteiger partial charge < -0.3 is 5.11 Å². The molecular weight excluding hydrogens is 300 g/mol. The molecule has 3 rings (SSSR count). The van der Waals surface area contributed by atoms with Gasteiger partial charge >= 0.3 is 5.97 Å². The number of rotatable bonds is 3. The molecule has 2 atom stereocenters. The first-order chi connectivity index (χ1) is 9.13. The van der Waals surface area contributed by atoms with E-state index in [1.54, 1.807) is 34.4 Å². The number of hydrogen-bond acceptors (Lipinski definition) is 6. The highest BCUT2D eigenvalue weighted by Crippen LogP contribution is 2.39. The van der Waals surface area contributed by atoms with Crippen LogP contribution in [0.25, 0.3) is 9.75 Å². The number of aryl methyl sites for hydroxylation is 1. The molecule has 0 aliphatic carbocycles. The predicted octanol–water partition coefficient (Wildman–Crippen LogP) is 2.97. The van der Waals surface area contributed by atoms with Gasteiger partial charge in [-0.05, 0) is 19.1 Å². The Hall–Kier alpha value is -0.890. The van der Waals surface area contributed by atoms with E-state index in [0.717, 1.165) is 9.88 Å². The van der Waals surface area contributed by atoms with Gasteiger partial charge in [-0.3, -0.25) is 10.1 Å². The second-order valence-corrected chi connectivity index (χ2v) is 7.73. The molecule has 0 bridgehead atoms. The Balaban J connectivity index is 1.77. The fraction of sp³-hybridized carbons (Fsp3) is 0.333. The summed E-state index contributed by atoms with van der Waals surface area (Å²) < 4.78 is 0. The van der Waals surface area contributed by atoms with E-state index in [4.69, 9.17) is 5.11 Å². The fourth-order valence-electron chi connectivity index (χ4n) is 1.85. The molecular formula is C12H12N2O2S3. The molecule has 0 aromatic carbocycles. The number of carboxylic acids is 1. The molecule has 1 aliphatic rings. The van der Waals surface area contributed by atoms with Crippen molar-refractivity contribution in [2.24, 2.45) is 0 Å². The summed E-state index contributed by atoms with van der Waals surface area (Å²) in [4.78, 5) is 19.0. The van der Waals surface area contributed by atoms with Crippen LogP contribution in [0.15, 0.2) is 18.3 Å². The minimum atomic E-state index is -0.791. The number of hydrogen-bond donors (Lipinski definition) is 2. The number of carbonyl (C=O) groups is 1. The lowest BCUT2D eigenvalue weighted by atomic mass is 10.3. The quantitative estimate of drug-likeness (QED) is 0.912. The Labute approximate surface area is 122 Å². The maximum atomic E-state index is 10.9. The molecule has 2 N–H and O–H groups in total. The van der Waals surface area contributed by atoms with Crippen molar-refractivity contribution in [2.45, 2.75) is 18.3 Å². The average molecular weight is 312 g/mol. The first-order valence-electron chi connectivity index (χ1n) is 5.76. The van der Waals surface area contributed by atoms with Gasteiger partial charge in [-0.25, -0.2) is 4.98 Å². The third-order valence-electron chi connectivity index (χ3n) is 2.81. The van der Waals surface area contributed by atoms with Crippen molar-refractivity contribution in [3.8, 4) is 9.75 Å². The standard InChI is InChI=1S/C12H12N2O2S3/c1-6-2-3-8(18-6)9-4-13-10(19-9)11-14-7(5-17-11)12(15)16/h2-4,7,11,14H,5H2,1H3,(H,15,16). The predicted molar refractivity (Wildman–Crippen MR) is 79.9 cm³/mol. The molecule has 0 amide bonds. The lowest BCUT2D eigenvalue weighted by molar-refractivity contribution is -0.138. The van der Waals surface area contributed by atoms with Gasteiger partial charge in [0.1, 0.15) is 16.4 Å². The van der Waals surface area contributed by atoms with Crippen molar-refractivity contribution in [2.75, 3.05) is 5.75 Å². The lowest BCUT2D eigenvalue weighted by Gasteiger charge is -2.06. The largest absolute Gasteiger partial charge is 0.480 e. The van der Waals surface area contributed by atoms with E-state index < -0.39 is 12.0 Å². The Bertz CT molecular complexity index is 608. The van der Waals surface area contributed by atoms with E-state index in [9.17, 15) is 4.79 Å². The maximum Gasteiger partial charge on any atom is 0.321 e.